The zero-order valence-electron chi connectivity index (χ0n) is 7.29. The number of hydrogen-bond donors (Lipinski definition) is 0. The van der Waals surface area contributed by atoms with Gasteiger partial charge < -0.3 is 4.40 Å². The molecule has 0 saturated carbocycles. The van der Waals surface area contributed by atoms with E-state index in [1.54, 1.807) is 11.3 Å². The normalized spacial score (nSPS) is 10.9. The quantitative estimate of drug-likeness (QED) is 0.605. The summed E-state index contributed by atoms with van der Waals surface area (Å²) in [6.07, 6.45) is 5.85. The summed E-state index contributed by atoms with van der Waals surface area (Å²) in [5.41, 5.74) is 3.77. The smallest absolute Gasteiger partial charge is 0.137 e. The number of hydrogen-bond acceptors (Lipinski definition) is 3. The van der Waals surface area contributed by atoms with Crippen molar-refractivity contribution in [3.63, 3.8) is 0 Å². The van der Waals surface area contributed by atoms with Crippen LogP contribution in [0.4, 0.5) is 0 Å². The van der Waals surface area contributed by atoms with Gasteiger partial charge in [-0.05, 0) is 12.1 Å². The maximum Gasteiger partial charge on any atom is 0.137 e. The van der Waals surface area contributed by atoms with Gasteiger partial charge in [0.15, 0.2) is 0 Å². The second-order valence-corrected chi connectivity index (χ2v) is 3.84. The van der Waals surface area contributed by atoms with Gasteiger partial charge in [-0.2, -0.15) is 0 Å². The molecule has 0 amide bonds. The minimum atomic E-state index is 0.968. The van der Waals surface area contributed by atoms with Crippen LogP contribution in [0.25, 0.3) is 16.2 Å². The van der Waals surface area contributed by atoms with Crippen LogP contribution in [-0.2, 0) is 0 Å². The van der Waals surface area contributed by atoms with Crippen molar-refractivity contribution in [3.05, 3.63) is 42.3 Å². The molecule has 0 unspecified atom stereocenters. The van der Waals surface area contributed by atoms with Crippen molar-refractivity contribution in [1.82, 2.24) is 14.4 Å². The van der Waals surface area contributed by atoms with E-state index in [1.165, 1.54) is 0 Å². The fourth-order valence-corrected chi connectivity index (χ4v) is 1.97. The average molecular weight is 201 g/mol. The van der Waals surface area contributed by atoms with Crippen LogP contribution in [-0.4, -0.2) is 14.4 Å². The van der Waals surface area contributed by atoms with E-state index in [-0.39, 0.29) is 0 Å². The largest absolute Gasteiger partial charge is 0.306 e. The van der Waals surface area contributed by atoms with Crippen molar-refractivity contribution in [1.29, 1.82) is 0 Å². The molecule has 3 aromatic heterocycles. The van der Waals surface area contributed by atoms with E-state index < -0.39 is 0 Å². The zero-order valence-corrected chi connectivity index (χ0v) is 8.11. The van der Waals surface area contributed by atoms with Gasteiger partial charge >= 0.3 is 0 Å². The van der Waals surface area contributed by atoms with E-state index in [4.69, 9.17) is 0 Å². The van der Waals surface area contributed by atoms with Crippen LogP contribution in [0.1, 0.15) is 0 Å². The van der Waals surface area contributed by atoms with Crippen molar-refractivity contribution in [2.75, 3.05) is 0 Å². The molecule has 3 heterocycles. The first-order valence-corrected chi connectivity index (χ1v) is 5.14. The van der Waals surface area contributed by atoms with E-state index in [0.717, 1.165) is 16.2 Å². The van der Waals surface area contributed by atoms with Crippen molar-refractivity contribution < 1.29 is 0 Å². The lowest BCUT2D eigenvalue weighted by Crippen LogP contribution is -1.77. The lowest BCUT2D eigenvalue weighted by molar-refractivity contribution is 1.19. The van der Waals surface area contributed by atoms with Crippen LogP contribution in [0.5, 0.6) is 0 Å². The van der Waals surface area contributed by atoms with E-state index in [2.05, 4.69) is 9.97 Å². The first-order valence-electron chi connectivity index (χ1n) is 4.26. The highest BCUT2D eigenvalue weighted by Crippen LogP contribution is 2.22. The fourth-order valence-electron chi connectivity index (χ4n) is 1.40. The molecule has 68 valence electrons. The Morgan fingerprint density at radius 3 is 3.07 bits per heavy atom. The Morgan fingerprint density at radius 1 is 1.29 bits per heavy atom. The molecule has 0 radical (unpaired) electrons. The molecule has 3 nitrogen and oxygen atoms in total. The third-order valence-corrected chi connectivity index (χ3v) is 2.84. The van der Waals surface area contributed by atoms with E-state index in [0.29, 0.717) is 0 Å². The second kappa shape index (κ2) is 2.92. The molecule has 3 aromatic rings. The molecule has 0 N–H and O–H groups in total. The Bertz CT molecular complexity index is 521. The molecule has 0 aliphatic carbocycles. The maximum atomic E-state index is 4.49. The number of rotatable bonds is 1. The first-order chi connectivity index (χ1) is 6.93. The molecule has 0 bridgehead atoms. The minimum absolute atomic E-state index is 0.968. The fraction of sp³-hybridized carbons (Fsp3) is 0. The SMILES string of the molecule is c1ccn2cc(-c3cncs3)nc2c1. The number of fused-ring (bicyclic) bond motifs is 1. The predicted molar refractivity (Wildman–Crippen MR) is 56.3 cm³/mol. The van der Waals surface area contributed by atoms with Gasteiger partial charge in [0.25, 0.3) is 0 Å². The van der Waals surface area contributed by atoms with Crippen molar-refractivity contribution in [2.24, 2.45) is 0 Å². The van der Waals surface area contributed by atoms with Gasteiger partial charge in [0.05, 0.1) is 10.4 Å². The Morgan fingerprint density at radius 2 is 2.29 bits per heavy atom. The third kappa shape index (κ3) is 1.12. The standard InChI is InChI=1S/C10H7N3S/c1-2-4-13-6-8(12-10(13)3-1)9-5-11-7-14-9/h1-7H. The number of imidazole rings is 1. The van der Waals surface area contributed by atoms with E-state index >= 15 is 0 Å². The first kappa shape index (κ1) is 7.70. The van der Waals surface area contributed by atoms with Crippen LogP contribution >= 0.6 is 11.3 Å². The molecule has 0 saturated heterocycles. The van der Waals surface area contributed by atoms with E-state index in [9.17, 15) is 0 Å². The summed E-state index contributed by atoms with van der Waals surface area (Å²) in [5, 5.41) is 0. The number of thiazole rings is 1. The highest BCUT2D eigenvalue weighted by molar-refractivity contribution is 7.13. The minimum Gasteiger partial charge on any atom is -0.306 e. The molecule has 0 aliphatic rings. The van der Waals surface area contributed by atoms with Crippen molar-refractivity contribution in [3.8, 4) is 10.6 Å². The lowest BCUT2D eigenvalue weighted by atomic mass is 10.4. The summed E-state index contributed by atoms with van der Waals surface area (Å²) in [5.74, 6) is 0. The number of pyridine rings is 1. The van der Waals surface area contributed by atoms with Gasteiger partial charge in [-0.1, -0.05) is 6.07 Å². The molecular formula is C10H7N3S. The maximum absolute atomic E-state index is 4.49. The van der Waals surface area contributed by atoms with Crippen LogP contribution in [0.2, 0.25) is 0 Å². The lowest BCUT2D eigenvalue weighted by Gasteiger charge is -1.86. The number of aromatic nitrogens is 3. The van der Waals surface area contributed by atoms with Crippen molar-refractivity contribution in [2.45, 2.75) is 0 Å². The van der Waals surface area contributed by atoms with Gasteiger partial charge in [-0.3, -0.25) is 4.98 Å². The molecule has 4 heteroatoms. The molecule has 0 aromatic carbocycles. The van der Waals surface area contributed by atoms with E-state index in [1.807, 2.05) is 46.7 Å². The van der Waals surface area contributed by atoms with Crippen LogP contribution in [0, 0.1) is 0 Å². The second-order valence-electron chi connectivity index (χ2n) is 2.96. The summed E-state index contributed by atoms with van der Waals surface area (Å²) < 4.78 is 2.01. The van der Waals surface area contributed by atoms with Crippen LogP contribution < -0.4 is 0 Å². The highest BCUT2D eigenvalue weighted by atomic mass is 32.1. The van der Waals surface area contributed by atoms with Gasteiger partial charge in [-0.15, -0.1) is 11.3 Å². The van der Waals surface area contributed by atoms with Gasteiger partial charge in [-0.25, -0.2) is 4.98 Å². The molecule has 0 spiro atoms. The Hall–Kier alpha value is -1.68. The molecule has 0 fully saturated rings. The van der Waals surface area contributed by atoms with Gasteiger partial charge in [0.2, 0.25) is 0 Å². The zero-order chi connectivity index (χ0) is 9.38. The van der Waals surface area contributed by atoms with Crippen LogP contribution in [0.15, 0.2) is 42.3 Å². The topological polar surface area (TPSA) is 30.2 Å². The van der Waals surface area contributed by atoms with Crippen LogP contribution in [0.3, 0.4) is 0 Å². The Kier molecular flexibility index (Phi) is 1.61. The monoisotopic (exact) mass is 201 g/mol. The summed E-state index contributed by atoms with van der Waals surface area (Å²) >= 11 is 1.60. The Balaban J connectivity index is 2.24. The summed E-state index contributed by atoms with van der Waals surface area (Å²) in [7, 11) is 0. The molecule has 0 aliphatic heterocycles. The highest BCUT2D eigenvalue weighted by Gasteiger charge is 2.04. The molecular weight excluding hydrogens is 194 g/mol. The summed E-state index contributed by atoms with van der Waals surface area (Å²) in [6, 6.07) is 5.97. The summed E-state index contributed by atoms with van der Waals surface area (Å²) in [6.45, 7) is 0. The molecule has 14 heavy (non-hydrogen) atoms. The third-order valence-electron chi connectivity index (χ3n) is 2.05. The molecule has 0 atom stereocenters. The Labute approximate surface area is 84.7 Å². The van der Waals surface area contributed by atoms with Gasteiger partial charge in [0, 0.05) is 18.6 Å². The number of nitrogens with zero attached hydrogens (tertiary/aromatic N) is 3. The van der Waals surface area contributed by atoms with Crippen molar-refractivity contribution >= 4 is 17.0 Å². The predicted octanol–water partition coefficient (Wildman–Crippen LogP) is 2.46. The summed E-state index contributed by atoms with van der Waals surface area (Å²) in [4.78, 5) is 9.63. The average Bonchev–Trinajstić information content (AvgIpc) is 2.86. The van der Waals surface area contributed by atoms with Gasteiger partial charge in [0.1, 0.15) is 11.3 Å². The molecule has 3 rings (SSSR count).